The van der Waals surface area contributed by atoms with Gasteiger partial charge < -0.3 is 14.4 Å². The lowest BCUT2D eigenvalue weighted by Gasteiger charge is -2.47. The van der Waals surface area contributed by atoms with E-state index in [1.165, 1.54) is 21.9 Å². The molecule has 0 N–H and O–H groups in total. The number of rotatable bonds is 4. The van der Waals surface area contributed by atoms with E-state index in [-0.39, 0.29) is 5.41 Å². The van der Waals surface area contributed by atoms with Gasteiger partial charge in [-0.2, -0.15) is 0 Å². The number of anilines is 1. The smallest absolute Gasteiger partial charge is 0.212 e. The van der Waals surface area contributed by atoms with Gasteiger partial charge in [-0.3, -0.25) is 0 Å². The van der Waals surface area contributed by atoms with E-state index in [4.69, 9.17) is 9.47 Å². The zero-order valence-corrected chi connectivity index (χ0v) is 20.0. The Hall–Kier alpha value is -4.12. The molecular weight excluding hydrogens is 436 g/mol. The van der Waals surface area contributed by atoms with Crippen molar-refractivity contribution < 1.29 is 9.47 Å². The van der Waals surface area contributed by atoms with Gasteiger partial charge in [-0.25, -0.2) is 0 Å². The molecule has 1 spiro atoms. The first-order valence-electron chi connectivity index (χ1n) is 11.8. The second kappa shape index (κ2) is 7.70. The highest BCUT2D eigenvalue weighted by Crippen LogP contribution is 2.56. The third-order valence-electron chi connectivity index (χ3n) is 7.46. The molecular formula is C30H26N2O3. The molecule has 0 bridgehead atoms. The molecule has 1 unspecified atom stereocenters. The summed E-state index contributed by atoms with van der Waals surface area (Å²) >= 11 is 0. The number of para-hydroxylation sites is 1. The predicted molar refractivity (Wildman–Crippen MR) is 140 cm³/mol. The SMILES string of the molecule is COc1cc(N=O)cc2c1OC1(C=C2)N(Cc2ccc3ccccc3c2)c2ccccc2C1(C)C. The van der Waals surface area contributed by atoms with E-state index in [2.05, 4.69) is 96.7 Å². The van der Waals surface area contributed by atoms with E-state index < -0.39 is 5.72 Å². The molecule has 6 rings (SSSR count). The van der Waals surface area contributed by atoms with E-state index in [1.54, 1.807) is 19.2 Å². The zero-order valence-electron chi connectivity index (χ0n) is 20.0. The Morgan fingerprint density at radius 3 is 2.51 bits per heavy atom. The van der Waals surface area contributed by atoms with Crippen LogP contribution in [0.4, 0.5) is 11.4 Å². The fraction of sp³-hybridized carbons (Fsp3) is 0.200. The minimum Gasteiger partial charge on any atom is -0.493 e. The summed E-state index contributed by atoms with van der Waals surface area (Å²) in [5.74, 6) is 1.12. The van der Waals surface area contributed by atoms with Gasteiger partial charge >= 0.3 is 0 Å². The van der Waals surface area contributed by atoms with E-state index in [0.717, 1.165) is 11.3 Å². The van der Waals surface area contributed by atoms with E-state index in [9.17, 15) is 4.91 Å². The Morgan fingerprint density at radius 1 is 0.943 bits per heavy atom. The van der Waals surface area contributed by atoms with Gasteiger partial charge in [-0.05, 0) is 71.3 Å². The lowest BCUT2D eigenvalue weighted by atomic mass is 9.76. The molecule has 5 nitrogen and oxygen atoms in total. The predicted octanol–water partition coefficient (Wildman–Crippen LogP) is 7.35. The Bertz CT molecular complexity index is 1510. The number of hydrogen-bond donors (Lipinski definition) is 0. The Balaban J connectivity index is 1.51. The number of benzene rings is 4. The quantitative estimate of drug-likeness (QED) is 0.298. The zero-order chi connectivity index (χ0) is 24.2. The van der Waals surface area contributed by atoms with Crippen molar-refractivity contribution in [2.24, 2.45) is 5.18 Å². The molecule has 5 heteroatoms. The first-order chi connectivity index (χ1) is 17.0. The molecule has 0 aromatic heterocycles. The van der Waals surface area contributed by atoms with Gasteiger partial charge in [0.05, 0.1) is 12.5 Å². The van der Waals surface area contributed by atoms with Crippen molar-refractivity contribution in [1.82, 2.24) is 0 Å². The molecule has 0 fully saturated rings. The highest BCUT2D eigenvalue weighted by Gasteiger charge is 2.59. The second-order valence-corrected chi connectivity index (χ2v) is 9.70. The fourth-order valence-electron chi connectivity index (χ4n) is 5.59. The highest BCUT2D eigenvalue weighted by molar-refractivity contribution is 5.83. The van der Waals surface area contributed by atoms with Gasteiger partial charge in [0.1, 0.15) is 5.69 Å². The number of nitroso groups, excluding NO2 is 1. The second-order valence-electron chi connectivity index (χ2n) is 9.70. The number of nitrogens with zero attached hydrogens (tertiary/aromatic N) is 2. The molecule has 1 atom stereocenters. The third kappa shape index (κ3) is 3.08. The van der Waals surface area contributed by atoms with E-state index >= 15 is 0 Å². The Morgan fingerprint density at radius 2 is 1.71 bits per heavy atom. The maximum Gasteiger partial charge on any atom is 0.212 e. The van der Waals surface area contributed by atoms with Crippen molar-refractivity contribution in [3.8, 4) is 11.5 Å². The molecule has 4 aromatic rings. The summed E-state index contributed by atoms with van der Waals surface area (Å²) < 4.78 is 12.6. The van der Waals surface area contributed by atoms with Crippen LogP contribution in [-0.2, 0) is 12.0 Å². The van der Waals surface area contributed by atoms with Gasteiger partial charge in [0.25, 0.3) is 0 Å². The van der Waals surface area contributed by atoms with Gasteiger partial charge in [-0.15, -0.1) is 4.91 Å². The Kier molecular flexibility index (Phi) is 4.71. The van der Waals surface area contributed by atoms with Crippen molar-refractivity contribution in [2.75, 3.05) is 12.0 Å². The van der Waals surface area contributed by atoms with Crippen LogP contribution in [0.1, 0.15) is 30.5 Å². The molecule has 4 aromatic carbocycles. The summed E-state index contributed by atoms with van der Waals surface area (Å²) in [6.07, 6.45) is 4.14. The number of hydrogen-bond acceptors (Lipinski definition) is 5. The van der Waals surface area contributed by atoms with Crippen molar-refractivity contribution >= 4 is 28.2 Å². The van der Waals surface area contributed by atoms with Gasteiger partial charge in [0.2, 0.25) is 5.72 Å². The molecule has 0 amide bonds. The number of methoxy groups -OCH3 is 1. The summed E-state index contributed by atoms with van der Waals surface area (Å²) in [5.41, 5.74) is 3.49. The van der Waals surface area contributed by atoms with Crippen molar-refractivity contribution in [3.05, 3.63) is 107 Å². The number of ether oxygens (including phenoxy) is 2. The average molecular weight is 463 g/mol. The van der Waals surface area contributed by atoms with Crippen LogP contribution in [0.15, 0.2) is 90.1 Å². The van der Waals surface area contributed by atoms with E-state index in [1.807, 2.05) is 6.08 Å². The van der Waals surface area contributed by atoms with Crippen LogP contribution in [0.2, 0.25) is 0 Å². The van der Waals surface area contributed by atoms with Crippen LogP contribution in [0.3, 0.4) is 0 Å². The first kappa shape index (κ1) is 21.4. The molecule has 2 aliphatic heterocycles. The molecule has 0 saturated heterocycles. The third-order valence-corrected chi connectivity index (χ3v) is 7.46. The van der Waals surface area contributed by atoms with Crippen LogP contribution in [-0.4, -0.2) is 12.8 Å². The minimum atomic E-state index is -0.793. The summed E-state index contributed by atoms with van der Waals surface area (Å²) in [5, 5.41) is 5.54. The topological polar surface area (TPSA) is 51.1 Å². The Labute approximate surface area is 204 Å². The van der Waals surface area contributed by atoms with Gasteiger partial charge in [-0.1, -0.05) is 54.6 Å². The van der Waals surface area contributed by atoms with Crippen LogP contribution in [0.25, 0.3) is 16.8 Å². The normalized spacial score (nSPS) is 19.3. The lowest BCUT2D eigenvalue weighted by molar-refractivity contribution is 0.0493. The first-order valence-corrected chi connectivity index (χ1v) is 11.8. The van der Waals surface area contributed by atoms with Crippen LogP contribution >= 0.6 is 0 Å². The van der Waals surface area contributed by atoms with Gasteiger partial charge in [0.15, 0.2) is 11.5 Å². The molecule has 2 heterocycles. The largest absolute Gasteiger partial charge is 0.493 e. The summed E-state index contributed by atoms with van der Waals surface area (Å²) in [6, 6.07) is 26.9. The number of fused-ring (bicyclic) bond motifs is 3. The van der Waals surface area contributed by atoms with Gasteiger partial charge in [0, 0.05) is 23.9 Å². The summed E-state index contributed by atoms with van der Waals surface area (Å²) in [6.45, 7) is 5.10. The molecule has 35 heavy (non-hydrogen) atoms. The van der Waals surface area contributed by atoms with Crippen LogP contribution < -0.4 is 14.4 Å². The van der Waals surface area contributed by atoms with Crippen LogP contribution in [0.5, 0.6) is 11.5 Å². The van der Waals surface area contributed by atoms with Crippen molar-refractivity contribution in [2.45, 2.75) is 31.5 Å². The maximum atomic E-state index is 11.2. The molecule has 0 saturated carbocycles. The fourth-order valence-corrected chi connectivity index (χ4v) is 5.59. The minimum absolute atomic E-state index is 0.312. The van der Waals surface area contributed by atoms with E-state index in [0.29, 0.717) is 23.7 Å². The molecule has 0 radical (unpaired) electrons. The molecule has 0 aliphatic carbocycles. The van der Waals surface area contributed by atoms with Crippen molar-refractivity contribution in [1.29, 1.82) is 0 Å². The van der Waals surface area contributed by atoms with Crippen molar-refractivity contribution in [3.63, 3.8) is 0 Å². The molecule has 174 valence electrons. The summed E-state index contributed by atoms with van der Waals surface area (Å²) in [7, 11) is 1.58. The lowest BCUT2D eigenvalue weighted by Crippen LogP contribution is -2.59. The summed E-state index contributed by atoms with van der Waals surface area (Å²) in [4.78, 5) is 13.6. The average Bonchev–Trinajstić information content (AvgIpc) is 3.06. The highest BCUT2D eigenvalue weighted by atomic mass is 16.5. The maximum absolute atomic E-state index is 11.2. The van der Waals surface area contributed by atoms with Crippen LogP contribution in [0, 0.1) is 4.91 Å². The standard InChI is InChI=1S/C30H26N2O3/c1-29(2)25-10-6-7-11-26(25)32(19-20-12-13-21-8-4-5-9-22(21)16-20)30(29)15-14-23-17-24(31-33)18-27(34-3)28(23)35-30/h4-18H,19H2,1-3H3. The molecule has 2 aliphatic rings. The monoisotopic (exact) mass is 462 g/mol.